The minimum absolute atomic E-state index is 0.278. The number of nitrogens with two attached hydrogens (primary N) is 4. The van der Waals surface area contributed by atoms with Crippen LogP contribution in [0.1, 0.15) is 0 Å². The quantitative estimate of drug-likeness (QED) is 0.230. The topological polar surface area (TPSA) is 274 Å². The number of aliphatic carboxylic acids is 4. The average molecular weight is 330 g/mol. The van der Waals surface area contributed by atoms with E-state index in [1.807, 2.05) is 0 Å². The lowest BCUT2D eigenvalue weighted by Gasteiger charge is -1.96. The molecular weight excluding hydrogens is 308 g/mol. The van der Waals surface area contributed by atoms with Crippen molar-refractivity contribution < 1.29 is 44.7 Å². The minimum atomic E-state index is -1.18. The van der Waals surface area contributed by atoms with Crippen molar-refractivity contribution in [1.82, 2.24) is 0 Å². The summed E-state index contributed by atoms with van der Waals surface area (Å²) in [7, 11) is 0. The Morgan fingerprint density at radius 1 is 0.727 bits per heavy atom. The predicted octanol–water partition coefficient (Wildman–Crippen LogP) is -4.52. The smallest absolute Gasteiger partial charge is 0.322 e. The molecule has 0 bridgehead atoms. The Bertz CT molecular complexity index is 291. The summed E-state index contributed by atoms with van der Waals surface area (Å²) in [6, 6.07) is -1.13. The van der Waals surface area contributed by atoms with E-state index in [1.54, 1.807) is 0 Å². The summed E-state index contributed by atoms with van der Waals surface area (Å²) in [6.07, 6.45) is 0. The van der Waals surface area contributed by atoms with Crippen LogP contribution in [0.5, 0.6) is 0 Å². The van der Waals surface area contributed by atoms with Gasteiger partial charge in [0.1, 0.15) is 6.04 Å². The molecule has 0 aromatic carbocycles. The Morgan fingerprint density at radius 3 is 0.909 bits per heavy atom. The van der Waals surface area contributed by atoms with Gasteiger partial charge in [0.05, 0.1) is 26.2 Å². The number of hydrogen-bond acceptors (Lipinski definition) is 9. The zero-order valence-corrected chi connectivity index (χ0v) is 11.6. The first-order chi connectivity index (χ1) is 9.99. The van der Waals surface area contributed by atoms with E-state index in [9.17, 15) is 19.2 Å². The third-order valence-electron chi connectivity index (χ3n) is 1.04. The predicted molar refractivity (Wildman–Crippen MR) is 72.8 cm³/mol. The summed E-state index contributed by atoms with van der Waals surface area (Å²) in [4.78, 5) is 37.4. The number of aliphatic hydroxyl groups is 1. The maximum absolute atomic E-state index is 9.65. The Hall–Kier alpha value is -2.32. The highest BCUT2D eigenvalue weighted by Gasteiger charge is 2.06. The molecule has 0 radical (unpaired) electrons. The molecule has 0 rings (SSSR count). The second-order valence-corrected chi connectivity index (χ2v) is 2.92. The van der Waals surface area contributed by atoms with Gasteiger partial charge < -0.3 is 48.5 Å². The molecule has 13 N–H and O–H groups in total. The lowest BCUT2D eigenvalue weighted by molar-refractivity contribution is -0.139. The molecule has 0 amide bonds. The first kappa shape index (κ1) is 27.9. The van der Waals surface area contributed by atoms with Crippen LogP contribution >= 0.6 is 0 Å². The summed E-state index contributed by atoms with van der Waals surface area (Å²) in [6.45, 7) is -1.34. The van der Waals surface area contributed by atoms with Gasteiger partial charge in [-0.2, -0.15) is 0 Å². The molecule has 0 aromatic heterocycles. The first-order valence-electron chi connectivity index (χ1n) is 5.34. The standard InChI is InChI=1S/C3H7NO3.3C2H5NO2/c4-2(1-5)3(6)7;3*3-1-2(4)5/h2,5H,1,4H2,(H,6,7);3*1,3H2,(H,4,5)/t2-;;;/m0.../s1. The van der Waals surface area contributed by atoms with Gasteiger partial charge in [0, 0.05) is 0 Å². The molecule has 13 nitrogen and oxygen atoms in total. The summed E-state index contributed by atoms with van der Waals surface area (Å²) in [5.74, 6) is -4.08. The third kappa shape index (κ3) is 52.5. The van der Waals surface area contributed by atoms with E-state index in [0.29, 0.717) is 0 Å². The van der Waals surface area contributed by atoms with Gasteiger partial charge in [-0.15, -0.1) is 0 Å². The lowest BCUT2D eigenvalue weighted by Crippen LogP contribution is -2.33. The third-order valence-corrected chi connectivity index (χ3v) is 1.04. The monoisotopic (exact) mass is 330 g/mol. The molecule has 132 valence electrons. The Labute approximate surface area is 125 Å². The van der Waals surface area contributed by atoms with Gasteiger partial charge in [0.15, 0.2) is 0 Å². The zero-order chi connectivity index (χ0) is 18.7. The van der Waals surface area contributed by atoms with Crippen molar-refractivity contribution in [3.63, 3.8) is 0 Å². The molecule has 0 spiro atoms. The van der Waals surface area contributed by atoms with Crippen molar-refractivity contribution >= 4 is 23.9 Å². The van der Waals surface area contributed by atoms with Crippen LogP contribution in [0, 0.1) is 0 Å². The Kier molecular flexibility index (Phi) is 26.6. The van der Waals surface area contributed by atoms with Crippen LogP contribution in [0.3, 0.4) is 0 Å². The molecule has 0 heterocycles. The summed E-state index contributed by atoms with van der Waals surface area (Å²) in [5, 5.41) is 38.7. The molecule has 22 heavy (non-hydrogen) atoms. The number of rotatable bonds is 5. The van der Waals surface area contributed by atoms with E-state index in [1.165, 1.54) is 0 Å². The molecule has 13 heteroatoms. The Morgan fingerprint density at radius 2 is 0.909 bits per heavy atom. The second kappa shape index (κ2) is 21.0. The Balaban J connectivity index is -0.0000000995. The van der Waals surface area contributed by atoms with Gasteiger partial charge in [-0.1, -0.05) is 0 Å². The van der Waals surface area contributed by atoms with E-state index in [0.717, 1.165) is 0 Å². The van der Waals surface area contributed by atoms with E-state index < -0.39 is 36.5 Å². The molecule has 0 unspecified atom stereocenters. The van der Waals surface area contributed by atoms with Crippen molar-refractivity contribution in [2.24, 2.45) is 22.9 Å². The van der Waals surface area contributed by atoms with E-state index in [4.69, 9.17) is 31.3 Å². The molecule has 0 aliphatic carbocycles. The van der Waals surface area contributed by atoms with Crippen LogP contribution < -0.4 is 22.9 Å². The van der Waals surface area contributed by atoms with Crippen molar-refractivity contribution in [2.45, 2.75) is 6.04 Å². The van der Waals surface area contributed by atoms with Gasteiger partial charge >= 0.3 is 23.9 Å². The van der Waals surface area contributed by atoms with Crippen LogP contribution in [0.4, 0.5) is 0 Å². The fraction of sp³-hybridized carbons (Fsp3) is 0.556. The summed E-state index contributed by atoms with van der Waals surface area (Å²) < 4.78 is 0. The van der Waals surface area contributed by atoms with Crippen LogP contribution in [-0.2, 0) is 19.2 Å². The minimum Gasteiger partial charge on any atom is -0.480 e. The highest BCUT2D eigenvalue weighted by Crippen LogP contribution is 1.71. The van der Waals surface area contributed by atoms with E-state index in [2.05, 4.69) is 17.2 Å². The number of carboxylic acids is 4. The van der Waals surface area contributed by atoms with E-state index >= 15 is 0 Å². The van der Waals surface area contributed by atoms with Crippen molar-refractivity contribution in [3.8, 4) is 0 Å². The highest BCUT2D eigenvalue weighted by atomic mass is 16.4. The average Bonchev–Trinajstić information content (AvgIpc) is 2.47. The number of aliphatic hydroxyl groups excluding tert-OH is 1. The summed E-state index contributed by atoms with van der Waals surface area (Å²) >= 11 is 0. The molecule has 1 atom stereocenters. The van der Waals surface area contributed by atoms with Crippen molar-refractivity contribution in [1.29, 1.82) is 0 Å². The van der Waals surface area contributed by atoms with Gasteiger partial charge in [0.25, 0.3) is 0 Å². The molecule has 0 aliphatic rings. The maximum atomic E-state index is 9.65. The number of hydrogen-bond donors (Lipinski definition) is 9. The number of carbonyl (C=O) groups is 4. The summed E-state index contributed by atoms with van der Waals surface area (Å²) in [5.41, 5.74) is 18.5. The van der Waals surface area contributed by atoms with Crippen LogP contribution in [0.25, 0.3) is 0 Å². The van der Waals surface area contributed by atoms with Crippen molar-refractivity contribution in [3.05, 3.63) is 0 Å². The molecule has 0 saturated carbocycles. The fourth-order valence-corrected chi connectivity index (χ4v) is 0.0781. The lowest BCUT2D eigenvalue weighted by atomic mass is 10.3. The van der Waals surface area contributed by atoms with E-state index in [-0.39, 0.29) is 19.6 Å². The molecule has 0 fully saturated rings. The van der Waals surface area contributed by atoms with Crippen LogP contribution in [0.2, 0.25) is 0 Å². The van der Waals surface area contributed by atoms with Gasteiger partial charge in [-0.05, 0) is 0 Å². The largest absolute Gasteiger partial charge is 0.480 e. The maximum Gasteiger partial charge on any atom is 0.322 e. The SMILES string of the molecule is NCC(=O)O.NCC(=O)O.NCC(=O)O.N[C@@H](CO)C(=O)O. The molecule has 0 saturated heterocycles. The number of carboxylic acid groups (broad SMARTS) is 4. The normalized spacial score (nSPS) is 9.32. The van der Waals surface area contributed by atoms with Gasteiger partial charge in [-0.3, -0.25) is 19.2 Å². The molecular formula is C9H22N4O9. The van der Waals surface area contributed by atoms with Crippen LogP contribution in [0.15, 0.2) is 0 Å². The van der Waals surface area contributed by atoms with Crippen molar-refractivity contribution in [2.75, 3.05) is 26.2 Å². The second-order valence-electron chi connectivity index (χ2n) is 2.92. The zero-order valence-electron chi connectivity index (χ0n) is 11.6. The highest BCUT2D eigenvalue weighted by molar-refractivity contribution is 5.73. The van der Waals surface area contributed by atoms with Gasteiger partial charge in [0.2, 0.25) is 0 Å². The first-order valence-corrected chi connectivity index (χ1v) is 5.34. The molecule has 0 aliphatic heterocycles. The van der Waals surface area contributed by atoms with Crippen LogP contribution in [-0.4, -0.2) is 81.7 Å². The molecule has 0 aromatic rings. The fourth-order valence-electron chi connectivity index (χ4n) is 0.0781. The van der Waals surface area contributed by atoms with Gasteiger partial charge in [-0.25, -0.2) is 0 Å².